The summed E-state index contributed by atoms with van der Waals surface area (Å²) in [5.74, 6) is -0.852. The summed E-state index contributed by atoms with van der Waals surface area (Å²) >= 11 is 0. The van der Waals surface area contributed by atoms with Crippen LogP contribution in [0, 0.1) is 17.3 Å². The normalized spacial score (nSPS) is 13.3. The van der Waals surface area contributed by atoms with Crippen LogP contribution in [0.5, 0.6) is 0 Å². The topological polar surface area (TPSA) is 63.6 Å². The van der Waals surface area contributed by atoms with Crippen molar-refractivity contribution < 1.29 is 19.4 Å². The number of carbonyl (C=O) groups excluding carboxylic acids is 1. The third-order valence-corrected chi connectivity index (χ3v) is 4.87. The standard InChI is InChI=1S/C21H40O4/c1-7-8-9-10-11-18(6)25-20(24)21(19(22)23,14-12-16(2)3)15-13-17(4)5/h16-18H,7-15H2,1-6H3,(H,22,23). The average molecular weight is 357 g/mol. The SMILES string of the molecule is CCCCCCC(C)OC(=O)C(CCC(C)C)(CCC(C)C)C(=O)O. The molecule has 0 aromatic heterocycles. The lowest BCUT2D eigenvalue weighted by atomic mass is 9.76. The molecule has 0 heterocycles. The maximum Gasteiger partial charge on any atom is 0.323 e. The molecule has 25 heavy (non-hydrogen) atoms. The minimum atomic E-state index is -1.40. The van der Waals surface area contributed by atoms with Gasteiger partial charge < -0.3 is 9.84 Å². The zero-order valence-corrected chi connectivity index (χ0v) is 17.3. The van der Waals surface area contributed by atoms with Crippen molar-refractivity contribution in [3.05, 3.63) is 0 Å². The van der Waals surface area contributed by atoms with Gasteiger partial charge in [0.25, 0.3) is 0 Å². The van der Waals surface area contributed by atoms with Crippen LogP contribution >= 0.6 is 0 Å². The van der Waals surface area contributed by atoms with Gasteiger partial charge in [0.2, 0.25) is 0 Å². The quantitative estimate of drug-likeness (QED) is 0.241. The summed E-state index contributed by atoms with van der Waals surface area (Å²) in [4.78, 5) is 24.9. The minimum Gasteiger partial charge on any atom is -0.480 e. The molecule has 0 fully saturated rings. The molecule has 0 bridgehead atoms. The van der Waals surface area contributed by atoms with Crippen LogP contribution in [0.4, 0.5) is 0 Å². The Bertz CT molecular complexity index is 375. The van der Waals surface area contributed by atoms with Crippen molar-refractivity contribution in [3.8, 4) is 0 Å². The van der Waals surface area contributed by atoms with E-state index in [9.17, 15) is 14.7 Å². The highest BCUT2D eigenvalue weighted by Crippen LogP contribution is 2.35. The molecule has 1 unspecified atom stereocenters. The molecule has 0 amide bonds. The second-order valence-corrected chi connectivity index (χ2v) is 8.32. The third-order valence-electron chi connectivity index (χ3n) is 4.87. The van der Waals surface area contributed by atoms with Crippen LogP contribution < -0.4 is 0 Å². The highest BCUT2D eigenvalue weighted by atomic mass is 16.5. The molecule has 0 aromatic rings. The lowest BCUT2D eigenvalue weighted by Crippen LogP contribution is -2.42. The Balaban J connectivity index is 5.01. The van der Waals surface area contributed by atoms with E-state index in [0.717, 1.165) is 19.3 Å². The summed E-state index contributed by atoms with van der Waals surface area (Å²) in [6, 6.07) is 0. The zero-order valence-electron chi connectivity index (χ0n) is 17.3. The number of hydrogen-bond donors (Lipinski definition) is 1. The van der Waals surface area contributed by atoms with Gasteiger partial charge in [-0.25, -0.2) is 0 Å². The van der Waals surface area contributed by atoms with Crippen LogP contribution in [-0.4, -0.2) is 23.1 Å². The van der Waals surface area contributed by atoms with Crippen molar-refractivity contribution >= 4 is 11.9 Å². The highest BCUT2D eigenvalue weighted by molar-refractivity contribution is 5.99. The average Bonchev–Trinajstić information content (AvgIpc) is 2.51. The lowest BCUT2D eigenvalue weighted by Gasteiger charge is -2.30. The Morgan fingerprint density at radius 1 is 0.880 bits per heavy atom. The number of hydrogen-bond acceptors (Lipinski definition) is 3. The fraction of sp³-hybridized carbons (Fsp3) is 0.905. The van der Waals surface area contributed by atoms with Gasteiger partial charge in [0.15, 0.2) is 5.41 Å². The van der Waals surface area contributed by atoms with Crippen molar-refractivity contribution in [2.45, 2.75) is 105 Å². The second kappa shape index (κ2) is 12.3. The highest BCUT2D eigenvalue weighted by Gasteiger charge is 2.47. The van der Waals surface area contributed by atoms with Crippen LogP contribution in [-0.2, 0) is 14.3 Å². The van der Waals surface area contributed by atoms with Gasteiger partial charge in [0.05, 0.1) is 6.10 Å². The fourth-order valence-electron chi connectivity index (χ4n) is 2.91. The van der Waals surface area contributed by atoms with Gasteiger partial charge in [-0.2, -0.15) is 0 Å². The van der Waals surface area contributed by atoms with E-state index in [1.54, 1.807) is 0 Å². The first kappa shape index (κ1) is 23.9. The Hall–Kier alpha value is -1.06. The lowest BCUT2D eigenvalue weighted by molar-refractivity contribution is -0.174. The zero-order chi connectivity index (χ0) is 19.5. The summed E-state index contributed by atoms with van der Waals surface area (Å²) < 4.78 is 5.60. The molecule has 4 heteroatoms. The van der Waals surface area contributed by atoms with E-state index in [2.05, 4.69) is 34.6 Å². The molecule has 0 aromatic carbocycles. The summed E-state index contributed by atoms with van der Waals surface area (Å²) in [5, 5.41) is 9.88. The number of esters is 1. The van der Waals surface area contributed by atoms with Crippen LogP contribution in [0.25, 0.3) is 0 Å². The Labute approximate surface area is 154 Å². The summed E-state index contributed by atoms with van der Waals surface area (Å²) in [5.41, 5.74) is -1.40. The summed E-state index contributed by atoms with van der Waals surface area (Å²) in [7, 11) is 0. The molecule has 0 aliphatic heterocycles. The molecular weight excluding hydrogens is 316 g/mol. The number of unbranched alkanes of at least 4 members (excludes halogenated alkanes) is 3. The molecule has 0 aliphatic carbocycles. The van der Waals surface area contributed by atoms with Crippen LogP contribution in [0.3, 0.4) is 0 Å². The number of carboxylic acid groups (broad SMARTS) is 1. The van der Waals surface area contributed by atoms with Crippen LogP contribution in [0.15, 0.2) is 0 Å². The Morgan fingerprint density at radius 2 is 1.40 bits per heavy atom. The number of carbonyl (C=O) groups is 2. The summed E-state index contributed by atoms with van der Waals surface area (Å²) in [6.07, 6.45) is 7.21. The van der Waals surface area contributed by atoms with E-state index < -0.39 is 17.4 Å². The maximum atomic E-state index is 12.8. The molecular formula is C21H40O4. The Morgan fingerprint density at radius 3 is 1.80 bits per heavy atom. The van der Waals surface area contributed by atoms with E-state index >= 15 is 0 Å². The van der Waals surface area contributed by atoms with E-state index in [0.29, 0.717) is 37.5 Å². The van der Waals surface area contributed by atoms with Gasteiger partial charge in [0.1, 0.15) is 0 Å². The van der Waals surface area contributed by atoms with Gasteiger partial charge in [-0.1, -0.05) is 53.9 Å². The van der Waals surface area contributed by atoms with Crippen molar-refractivity contribution in [1.29, 1.82) is 0 Å². The largest absolute Gasteiger partial charge is 0.480 e. The monoisotopic (exact) mass is 356 g/mol. The van der Waals surface area contributed by atoms with Crippen molar-refractivity contribution in [1.82, 2.24) is 0 Å². The first-order valence-corrected chi connectivity index (χ1v) is 10.1. The first-order valence-electron chi connectivity index (χ1n) is 10.1. The molecule has 1 N–H and O–H groups in total. The van der Waals surface area contributed by atoms with Crippen molar-refractivity contribution in [3.63, 3.8) is 0 Å². The predicted octanol–water partition coefficient (Wildman–Crippen LogP) is 5.83. The molecule has 0 saturated carbocycles. The van der Waals surface area contributed by atoms with Crippen molar-refractivity contribution in [2.75, 3.05) is 0 Å². The molecule has 4 nitrogen and oxygen atoms in total. The minimum absolute atomic E-state index is 0.221. The molecule has 0 spiro atoms. The van der Waals surface area contributed by atoms with Crippen molar-refractivity contribution in [2.24, 2.45) is 17.3 Å². The molecule has 0 aliphatic rings. The summed E-state index contributed by atoms with van der Waals surface area (Å²) in [6.45, 7) is 12.2. The molecule has 1 atom stereocenters. The number of ether oxygens (including phenoxy) is 1. The number of aliphatic carboxylic acids is 1. The van der Waals surface area contributed by atoms with E-state index in [1.165, 1.54) is 12.8 Å². The van der Waals surface area contributed by atoms with Gasteiger partial charge in [-0.05, 0) is 57.3 Å². The maximum absolute atomic E-state index is 12.8. The molecule has 0 rings (SSSR count). The molecule has 0 saturated heterocycles. The first-order chi connectivity index (χ1) is 11.7. The van der Waals surface area contributed by atoms with Crippen LogP contribution in [0.2, 0.25) is 0 Å². The van der Waals surface area contributed by atoms with Crippen LogP contribution in [0.1, 0.15) is 99.3 Å². The van der Waals surface area contributed by atoms with Gasteiger partial charge in [0, 0.05) is 0 Å². The Kier molecular flexibility index (Phi) is 11.8. The second-order valence-electron chi connectivity index (χ2n) is 8.32. The number of carboxylic acids is 1. The predicted molar refractivity (Wildman–Crippen MR) is 103 cm³/mol. The van der Waals surface area contributed by atoms with Gasteiger partial charge >= 0.3 is 11.9 Å². The molecule has 148 valence electrons. The van der Waals surface area contributed by atoms with Gasteiger partial charge in [-0.3, -0.25) is 9.59 Å². The molecule has 0 radical (unpaired) electrons. The third kappa shape index (κ3) is 9.27. The van der Waals surface area contributed by atoms with Gasteiger partial charge in [-0.15, -0.1) is 0 Å². The van der Waals surface area contributed by atoms with E-state index in [-0.39, 0.29) is 6.10 Å². The fourth-order valence-corrected chi connectivity index (χ4v) is 2.91. The smallest absolute Gasteiger partial charge is 0.323 e. The number of rotatable bonds is 14. The van der Waals surface area contributed by atoms with E-state index in [1.807, 2.05) is 6.92 Å². The van der Waals surface area contributed by atoms with E-state index in [4.69, 9.17) is 4.74 Å².